The second kappa shape index (κ2) is 6.57. The van der Waals surface area contributed by atoms with Crippen LogP contribution < -0.4 is 4.74 Å². The van der Waals surface area contributed by atoms with Gasteiger partial charge in [0.15, 0.2) is 0 Å². The van der Waals surface area contributed by atoms with Crippen LogP contribution in [0.4, 0.5) is 4.79 Å². The second-order valence-electron chi connectivity index (χ2n) is 6.66. The molecule has 1 saturated heterocycles. The zero-order valence-corrected chi connectivity index (χ0v) is 13.7. The first kappa shape index (κ1) is 16.6. The summed E-state index contributed by atoms with van der Waals surface area (Å²) >= 11 is 0. The summed E-state index contributed by atoms with van der Waals surface area (Å²) in [5.41, 5.74) is 0.548. The average molecular weight is 307 g/mol. The van der Waals surface area contributed by atoms with Gasteiger partial charge in [0.2, 0.25) is 0 Å². The molecule has 5 heteroatoms. The van der Waals surface area contributed by atoms with Crippen molar-refractivity contribution in [3.05, 3.63) is 29.8 Å². The first-order valence-corrected chi connectivity index (χ1v) is 7.60. The Hall–Kier alpha value is -1.75. The highest BCUT2D eigenvalue weighted by Crippen LogP contribution is 2.30. The first-order valence-electron chi connectivity index (χ1n) is 7.60. The third kappa shape index (κ3) is 4.13. The van der Waals surface area contributed by atoms with Crippen molar-refractivity contribution in [2.45, 2.75) is 44.8 Å². The number of piperidine rings is 1. The molecule has 1 N–H and O–H groups in total. The Labute approximate surface area is 131 Å². The van der Waals surface area contributed by atoms with Gasteiger partial charge >= 0.3 is 6.09 Å². The maximum absolute atomic E-state index is 12.1. The molecule has 2 rings (SSSR count). The Kier molecular flexibility index (Phi) is 4.96. The van der Waals surface area contributed by atoms with Crippen molar-refractivity contribution in [2.24, 2.45) is 0 Å². The van der Waals surface area contributed by atoms with Gasteiger partial charge in [0.25, 0.3) is 0 Å². The van der Waals surface area contributed by atoms with Gasteiger partial charge < -0.3 is 19.5 Å². The van der Waals surface area contributed by atoms with Crippen LogP contribution in [0.15, 0.2) is 24.3 Å². The number of β-amino-alcohol motifs (C(OH)–C–C–N with tert-alkyl or cyclic N) is 1. The van der Waals surface area contributed by atoms with Crippen molar-refractivity contribution in [1.29, 1.82) is 0 Å². The van der Waals surface area contributed by atoms with E-state index in [0.29, 0.717) is 19.5 Å². The van der Waals surface area contributed by atoms with Crippen LogP contribution in [-0.2, 0) is 4.74 Å². The second-order valence-corrected chi connectivity index (χ2v) is 6.66. The van der Waals surface area contributed by atoms with Gasteiger partial charge in [-0.3, -0.25) is 0 Å². The van der Waals surface area contributed by atoms with Crippen molar-refractivity contribution in [2.75, 3.05) is 20.2 Å². The van der Waals surface area contributed by atoms with Gasteiger partial charge in [-0.25, -0.2) is 4.79 Å². The summed E-state index contributed by atoms with van der Waals surface area (Å²) in [4.78, 5) is 13.6. The number of nitrogens with zero attached hydrogens (tertiary/aromatic N) is 1. The zero-order valence-electron chi connectivity index (χ0n) is 13.7. The standard InChI is InChI=1S/C17H25NO4/c1-17(2,3)22-16(20)18-10-9-14(15(19)11-18)12-5-7-13(21-4)8-6-12/h5-8,14-15,19H,9-11H2,1-4H3/t14-,15-/m0/s1. The number of methoxy groups -OCH3 is 1. The Morgan fingerprint density at radius 2 is 1.91 bits per heavy atom. The van der Waals surface area contributed by atoms with Gasteiger partial charge in [0, 0.05) is 12.5 Å². The van der Waals surface area contributed by atoms with Crippen LogP contribution in [0.5, 0.6) is 5.75 Å². The summed E-state index contributed by atoms with van der Waals surface area (Å²) in [6, 6.07) is 7.72. The van der Waals surface area contributed by atoms with Crippen LogP contribution in [0.3, 0.4) is 0 Å². The number of hydrogen-bond donors (Lipinski definition) is 1. The third-order valence-electron chi connectivity index (χ3n) is 3.78. The summed E-state index contributed by atoms with van der Waals surface area (Å²) in [5, 5.41) is 10.4. The Morgan fingerprint density at radius 1 is 1.27 bits per heavy atom. The number of carbonyl (C=O) groups excluding carboxylic acids is 1. The van der Waals surface area contributed by atoms with Crippen LogP contribution in [-0.4, -0.2) is 48.0 Å². The van der Waals surface area contributed by atoms with Gasteiger partial charge in [0.05, 0.1) is 19.8 Å². The quantitative estimate of drug-likeness (QED) is 0.913. The number of rotatable bonds is 2. The molecular weight excluding hydrogens is 282 g/mol. The SMILES string of the molecule is COc1ccc([C@@H]2CCN(C(=O)OC(C)(C)C)C[C@@H]2O)cc1. The highest BCUT2D eigenvalue weighted by molar-refractivity contribution is 5.68. The minimum atomic E-state index is -0.588. The van der Waals surface area contributed by atoms with Gasteiger partial charge in [-0.15, -0.1) is 0 Å². The number of amides is 1. The molecule has 1 aliphatic heterocycles. The van der Waals surface area contributed by atoms with Gasteiger partial charge in [-0.2, -0.15) is 0 Å². The van der Waals surface area contributed by atoms with Gasteiger partial charge in [-0.1, -0.05) is 12.1 Å². The number of benzene rings is 1. The normalized spacial score (nSPS) is 22.3. The minimum Gasteiger partial charge on any atom is -0.497 e. The van der Waals surface area contributed by atoms with Crippen LogP contribution in [0, 0.1) is 0 Å². The Balaban J connectivity index is 1.98. The fourth-order valence-corrected chi connectivity index (χ4v) is 2.66. The number of aliphatic hydroxyl groups is 1. The fourth-order valence-electron chi connectivity index (χ4n) is 2.66. The molecule has 0 unspecified atom stereocenters. The summed E-state index contributed by atoms with van der Waals surface area (Å²) in [6.07, 6.45) is -0.235. The molecule has 5 nitrogen and oxygen atoms in total. The summed E-state index contributed by atoms with van der Waals surface area (Å²) in [7, 11) is 1.63. The monoisotopic (exact) mass is 307 g/mol. The molecule has 1 aliphatic rings. The van der Waals surface area contributed by atoms with E-state index < -0.39 is 11.7 Å². The highest BCUT2D eigenvalue weighted by Gasteiger charge is 2.33. The van der Waals surface area contributed by atoms with Crippen LogP contribution in [0.1, 0.15) is 38.7 Å². The van der Waals surface area contributed by atoms with E-state index in [1.54, 1.807) is 12.0 Å². The smallest absolute Gasteiger partial charge is 0.410 e. The van der Waals surface area contributed by atoms with Crippen molar-refractivity contribution < 1.29 is 19.4 Å². The molecule has 122 valence electrons. The highest BCUT2D eigenvalue weighted by atomic mass is 16.6. The Morgan fingerprint density at radius 3 is 2.41 bits per heavy atom. The molecule has 1 aromatic carbocycles. The van der Waals surface area contributed by atoms with Gasteiger partial charge in [-0.05, 0) is 44.9 Å². The number of carbonyl (C=O) groups is 1. The molecule has 1 amide bonds. The van der Waals surface area contributed by atoms with Gasteiger partial charge in [0.1, 0.15) is 11.4 Å². The minimum absolute atomic E-state index is 0.0320. The summed E-state index contributed by atoms with van der Waals surface area (Å²) in [6.45, 7) is 6.40. The molecule has 0 spiro atoms. The Bertz CT molecular complexity index is 506. The molecule has 0 aromatic heterocycles. The molecule has 0 saturated carbocycles. The molecule has 0 bridgehead atoms. The third-order valence-corrected chi connectivity index (χ3v) is 3.78. The van der Waals surface area contributed by atoms with Crippen LogP contribution >= 0.6 is 0 Å². The van der Waals surface area contributed by atoms with Crippen LogP contribution in [0.2, 0.25) is 0 Å². The van der Waals surface area contributed by atoms with E-state index in [1.165, 1.54) is 0 Å². The maximum atomic E-state index is 12.1. The van der Waals surface area contributed by atoms with E-state index in [-0.39, 0.29) is 12.0 Å². The average Bonchev–Trinajstić information content (AvgIpc) is 2.45. The van der Waals surface area contributed by atoms with E-state index in [4.69, 9.17) is 9.47 Å². The predicted molar refractivity (Wildman–Crippen MR) is 84.2 cm³/mol. The molecule has 1 aromatic rings. The van der Waals surface area contributed by atoms with E-state index in [9.17, 15) is 9.90 Å². The lowest BCUT2D eigenvalue weighted by molar-refractivity contribution is -0.00152. The number of aliphatic hydroxyl groups excluding tert-OH is 1. The molecule has 22 heavy (non-hydrogen) atoms. The maximum Gasteiger partial charge on any atom is 0.410 e. The zero-order chi connectivity index (χ0) is 16.3. The summed E-state index contributed by atoms with van der Waals surface area (Å²) < 4.78 is 10.5. The van der Waals surface area contributed by atoms with Crippen molar-refractivity contribution in [1.82, 2.24) is 4.90 Å². The lowest BCUT2D eigenvalue weighted by atomic mass is 9.87. The molecule has 2 atom stereocenters. The van der Waals surface area contributed by atoms with Crippen LogP contribution in [0.25, 0.3) is 0 Å². The fraction of sp³-hybridized carbons (Fsp3) is 0.588. The molecule has 1 heterocycles. The largest absolute Gasteiger partial charge is 0.497 e. The van der Waals surface area contributed by atoms with Crippen molar-refractivity contribution in [3.63, 3.8) is 0 Å². The topological polar surface area (TPSA) is 59.0 Å². The van der Waals surface area contributed by atoms with Crippen molar-refractivity contribution >= 4 is 6.09 Å². The first-order chi connectivity index (χ1) is 10.3. The van der Waals surface area contributed by atoms with E-state index in [0.717, 1.165) is 11.3 Å². The van der Waals surface area contributed by atoms with E-state index in [1.807, 2.05) is 45.0 Å². The molecule has 1 fully saturated rings. The predicted octanol–water partition coefficient (Wildman–Crippen LogP) is 2.78. The lowest BCUT2D eigenvalue weighted by Gasteiger charge is -2.36. The lowest BCUT2D eigenvalue weighted by Crippen LogP contribution is -2.47. The molecule has 0 aliphatic carbocycles. The van der Waals surface area contributed by atoms with E-state index >= 15 is 0 Å². The summed E-state index contributed by atoms with van der Waals surface area (Å²) in [5.74, 6) is 0.828. The molecular formula is C17H25NO4. The molecule has 0 radical (unpaired) electrons. The number of likely N-dealkylation sites (tertiary alicyclic amines) is 1. The number of ether oxygens (including phenoxy) is 2. The van der Waals surface area contributed by atoms with Crippen molar-refractivity contribution in [3.8, 4) is 5.75 Å². The number of hydrogen-bond acceptors (Lipinski definition) is 4. The van der Waals surface area contributed by atoms with E-state index in [2.05, 4.69) is 0 Å².